The molecular weight excluding hydrogens is 442 g/mol. The number of halogens is 1. The fraction of sp³-hybridized carbons (Fsp3) is 0.346. The van der Waals surface area contributed by atoms with E-state index in [4.69, 9.17) is 25.8 Å². The summed E-state index contributed by atoms with van der Waals surface area (Å²) in [5.74, 6) is -0.449. The molecule has 0 amide bonds. The first-order valence-corrected chi connectivity index (χ1v) is 11.2. The van der Waals surface area contributed by atoms with Crippen molar-refractivity contribution in [1.29, 1.82) is 0 Å². The molecule has 1 heterocycles. The summed E-state index contributed by atoms with van der Waals surface area (Å²) < 4.78 is 16.7. The highest BCUT2D eigenvalue weighted by Crippen LogP contribution is 2.45. The highest BCUT2D eigenvalue weighted by molar-refractivity contribution is 6.30. The molecule has 0 saturated heterocycles. The average molecular weight is 468 g/mol. The maximum Gasteiger partial charge on any atom is 0.315 e. The highest BCUT2D eigenvalue weighted by atomic mass is 35.5. The van der Waals surface area contributed by atoms with Gasteiger partial charge in [0.2, 0.25) is 0 Å². The molecule has 2 aromatic carbocycles. The van der Waals surface area contributed by atoms with Crippen molar-refractivity contribution in [2.75, 3.05) is 14.2 Å². The molecular formula is C26H26ClNO5. The monoisotopic (exact) mass is 467 g/mol. The summed E-state index contributed by atoms with van der Waals surface area (Å²) in [6.07, 6.45) is 1.94. The normalized spacial score (nSPS) is 20.1. The predicted molar refractivity (Wildman–Crippen MR) is 126 cm³/mol. The van der Waals surface area contributed by atoms with Gasteiger partial charge in [0.15, 0.2) is 17.3 Å². The molecule has 0 radical (unpaired) electrons. The van der Waals surface area contributed by atoms with E-state index in [1.54, 1.807) is 7.11 Å². The number of rotatable bonds is 6. The van der Waals surface area contributed by atoms with Gasteiger partial charge in [-0.25, -0.2) is 0 Å². The smallest absolute Gasteiger partial charge is 0.315 e. The molecule has 1 aliphatic carbocycles. The number of carbonyl (C=O) groups is 2. The molecule has 2 atom stereocenters. The first kappa shape index (κ1) is 23.1. The Morgan fingerprint density at radius 3 is 2.67 bits per heavy atom. The molecule has 4 rings (SSSR count). The van der Waals surface area contributed by atoms with Crippen LogP contribution in [0.15, 0.2) is 58.7 Å². The van der Waals surface area contributed by atoms with Crippen LogP contribution in [0.4, 0.5) is 0 Å². The van der Waals surface area contributed by atoms with Gasteiger partial charge in [0, 0.05) is 34.3 Å². The van der Waals surface area contributed by atoms with Crippen LogP contribution in [0.5, 0.6) is 11.5 Å². The van der Waals surface area contributed by atoms with E-state index in [1.807, 2.05) is 49.4 Å². The predicted octanol–water partition coefficient (Wildman–Crippen LogP) is 5.28. The number of ether oxygens (including phenoxy) is 3. The van der Waals surface area contributed by atoms with E-state index in [0.29, 0.717) is 40.8 Å². The Morgan fingerprint density at radius 2 is 1.94 bits per heavy atom. The maximum atomic E-state index is 12.9. The minimum Gasteiger partial charge on any atom is -0.493 e. The average Bonchev–Trinajstić information content (AvgIpc) is 2.81. The lowest BCUT2D eigenvalue weighted by atomic mass is 9.71. The number of allylic oxidation sites excluding steroid dienone is 2. The lowest BCUT2D eigenvalue weighted by molar-refractivity contribution is -0.143. The molecule has 1 aliphatic heterocycles. The Labute approximate surface area is 198 Å². The van der Waals surface area contributed by atoms with E-state index in [1.165, 1.54) is 7.11 Å². The minimum absolute atomic E-state index is 0.0339. The Balaban J connectivity index is 1.71. The highest BCUT2D eigenvalue weighted by Gasteiger charge is 2.43. The third kappa shape index (κ3) is 4.67. The number of ketones is 1. The Morgan fingerprint density at radius 1 is 1.12 bits per heavy atom. The number of nitrogens with zero attached hydrogens (tertiary/aromatic N) is 1. The lowest BCUT2D eigenvalue weighted by Gasteiger charge is -2.34. The number of carbonyl (C=O) groups excluding carboxylic acids is 2. The van der Waals surface area contributed by atoms with Crippen LogP contribution in [0.3, 0.4) is 0 Å². The topological polar surface area (TPSA) is 74.2 Å². The van der Waals surface area contributed by atoms with E-state index in [2.05, 4.69) is 4.99 Å². The van der Waals surface area contributed by atoms with Crippen molar-refractivity contribution in [3.05, 3.63) is 69.9 Å². The molecule has 1 unspecified atom stereocenters. The van der Waals surface area contributed by atoms with Gasteiger partial charge in [0.05, 0.1) is 14.2 Å². The van der Waals surface area contributed by atoms with E-state index in [-0.39, 0.29) is 5.78 Å². The van der Waals surface area contributed by atoms with Gasteiger partial charge in [-0.05, 0) is 55.2 Å². The molecule has 0 saturated carbocycles. The van der Waals surface area contributed by atoms with Gasteiger partial charge in [-0.1, -0.05) is 29.8 Å². The summed E-state index contributed by atoms with van der Waals surface area (Å²) in [5, 5.41) is 0.642. The summed E-state index contributed by atoms with van der Waals surface area (Å²) in [4.78, 5) is 30.3. The minimum atomic E-state index is -0.668. The van der Waals surface area contributed by atoms with Gasteiger partial charge in [-0.15, -0.1) is 0 Å². The first-order chi connectivity index (χ1) is 15.9. The van der Waals surface area contributed by atoms with Crippen LogP contribution >= 0.6 is 11.6 Å². The number of methoxy groups -OCH3 is 2. The van der Waals surface area contributed by atoms with Gasteiger partial charge < -0.3 is 14.2 Å². The number of esters is 1. The van der Waals surface area contributed by atoms with Crippen molar-refractivity contribution in [1.82, 2.24) is 0 Å². The van der Waals surface area contributed by atoms with Crippen LogP contribution in [0.25, 0.3) is 0 Å². The van der Waals surface area contributed by atoms with Crippen LogP contribution in [0.1, 0.15) is 43.2 Å². The van der Waals surface area contributed by atoms with Crippen LogP contribution in [-0.4, -0.2) is 31.7 Å². The van der Waals surface area contributed by atoms with Crippen molar-refractivity contribution < 1.29 is 23.8 Å². The summed E-state index contributed by atoms with van der Waals surface area (Å²) in [6.45, 7) is 2.14. The second kappa shape index (κ2) is 9.79. The standard InChI is InChI=1S/C26H26ClNO5/c1-15-23(26(30)32-3)24(25-19(28-15)8-5-9-20(25)29)17-10-11-21(22(13-17)31-2)33-14-16-6-4-7-18(27)12-16/h4,6-7,10-13,23-24H,5,8-9,14H2,1-3H3/t23?,24-/m1/s1. The summed E-state index contributed by atoms with van der Waals surface area (Å²) in [6, 6.07) is 13.0. The molecule has 0 bridgehead atoms. The molecule has 6 nitrogen and oxygen atoms in total. The molecule has 0 fully saturated rings. The van der Waals surface area contributed by atoms with Crippen molar-refractivity contribution in [3.8, 4) is 11.5 Å². The number of hydrogen-bond donors (Lipinski definition) is 0. The SMILES string of the molecule is COC(=O)C1C(C)=NC2=C(C(=O)CCC2)[C@@H]1c1ccc(OCc2cccc(Cl)c2)c(OC)c1. The molecule has 0 N–H and O–H groups in total. The number of Topliss-reactive ketones (excluding diaryl/α,β-unsaturated/α-hetero) is 1. The number of benzene rings is 2. The fourth-order valence-electron chi connectivity index (χ4n) is 4.58. The third-order valence-corrected chi connectivity index (χ3v) is 6.35. The van der Waals surface area contributed by atoms with E-state index in [0.717, 1.165) is 29.7 Å². The third-order valence-electron chi connectivity index (χ3n) is 6.12. The summed E-state index contributed by atoms with van der Waals surface area (Å²) in [7, 11) is 2.92. The zero-order valence-electron chi connectivity index (χ0n) is 18.9. The fourth-order valence-corrected chi connectivity index (χ4v) is 4.80. The Bertz CT molecular complexity index is 1150. The quantitative estimate of drug-likeness (QED) is 0.540. The van der Waals surface area contributed by atoms with Crippen LogP contribution in [0, 0.1) is 5.92 Å². The van der Waals surface area contributed by atoms with Crippen molar-refractivity contribution >= 4 is 29.1 Å². The van der Waals surface area contributed by atoms with Gasteiger partial charge in [-0.2, -0.15) is 0 Å². The maximum absolute atomic E-state index is 12.9. The van der Waals surface area contributed by atoms with Crippen LogP contribution in [0.2, 0.25) is 5.02 Å². The van der Waals surface area contributed by atoms with Crippen molar-refractivity contribution in [2.24, 2.45) is 10.9 Å². The van der Waals surface area contributed by atoms with Crippen molar-refractivity contribution in [2.45, 2.75) is 38.7 Å². The van der Waals surface area contributed by atoms with Gasteiger partial charge >= 0.3 is 5.97 Å². The second-order valence-corrected chi connectivity index (χ2v) is 8.63. The molecule has 7 heteroatoms. The Hall–Kier alpha value is -3.12. The molecule has 0 aromatic heterocycles. The van der Waals surface area contributed by atoms with Crippen LogP contribution < -0.4 is 9.47 Å². The first-order valence-electron chi connectivity index (χ1n) is 10.9. The van der Waals surface area contributed by atoms with Gasteiger partial charge in [-0.3, -0.25) is 14.6 Å². The molecule has 172 valence electrons. The number of aliphatic imine (C=N–C) groups is 1. The van der Waals surface area contributed by atoms with Gasteiger partial charge in [0.25, 0.3) is 0 Å². The molecule has 0 spiro atoms. The van der Waals surface area contributed by atoms with Crippen LogP contribution in [-0.2, 0) is 20.9 Å². The van der Waals surface area contributed by atoms with E-state index >= 15 is 0 Å². The molecule has 2 aliphatic rings. The number of hydrogen-bond acceptors (Lipinski definition) is 6. The molecule has 33 heavy (non-hydrogen) atoms. The van der Waals surface area contributed by atoms with E-state index in [9.17, 15) is 9.59 Å². The van der Waals surface area contributed by atoms with Gasteiger partial charge in [0.1, 0.15) is 12.5 Å². The Kier molecular flexibility index (Phi) is 6.84. The summed E-state index contributed by atoms with van der Waals surface area (Å²) in [5.41, 5.74) is 3.75. The lowest BCUT2D eigenvalue weighted by Crippen LogP contribution is -2.36. The largest absolute Gasteiger partial charge is 0.493 e. The van der Waals surface area contributed by atoms with Crippen molar-refractivity contribution in [3.63, 3.8) is 0 Å². The second-order valence-electron chi connectivity index (χ2n) is 8.20. The zero-order valence-corrected chi connectivity index (χ0v) is 19.6. The zero-order chi connectivity index (χ0) is 23.5. The van der Waals surface area contributed by atoms with E-state index < -0.39 is 17.8 Å². The molecule has 2 aromatic rings. The summed E-state index contributed by atoms with van der Waals surface area (Å²) >= 11 is 6.06.